The molecule has 8 heteroatoms. The summed E-state index contributed by atoms with van der Waals surface area (Å²) >= 11 is 1.41. The Hall–Kier alpha value is -1.74. The fourth-order valence-corrected chi connectivity index (χ4v) is 5.18. The third kappa shape index (κ3) is 3.67. The lowest BCUT2D eigenvalue weighted by Gasteiger charge is -2.44. The van der Waals surface area contributed by atoms with Gasteiger partial charge in [0, 0.05) is 50.8 Å². The van der Waals surface area contributed by atoms with Crippen molar-refractivity contribution in [3.8, 4) is 0 Å². The smallest absolute Gasteiger partial charge is 0.345 e. The van der Waals surface area contributed by atoms with Gasteiger partial charge in [-0.15, -0.1) is 11.3 Å². The van der Waals surface area contributed by atoms with E-state index in [1.54, 1.807) is 7.11 Å². The fraction of sp³-hybridized carbons (Fsp3) is 0.579. The molecule has 7 nitrogen and oxygen atoms in total. The van der Waals surface area contributed by atoms with Crippen LogP contribution in [0.25, 0.3) is 0 Å². The molecule has 1 saturated heterocycles. The first-order valence-electron chi connectivity index (χ1n) is 9.32. The van der Waals surface area contributed by atoms with E-state index in [9.17, 15) is 9.90 Å². The summed E-state index contributed by atoms with van der Waals surface area (Å²) in [5.74, 6) is -0.841. The Balaban J connectivity index is 1.44. The number of methoxy groups -OCH3 is 1. The van der Waals surface area contributed by atoms with Crippen LogP contribution in [0.2, 0.25) is 0 Å². The second-order valence-corrected chi connectivity index (χ2v) is 8.33. The maximum absolute atomic E-state index is 11.4. The van der Waals surface area contributed by atoms with Crippen LogP contribution in [-0.4, -0.2) is 58.9 Å². The average molecular weight is 391 g/mol. The van der Waals surface area contributed by atoms with E-state index >= 15 is 0 Å². The Labute approximate surface area is 162 Å². The number of ether oxygens (including phenoxy) is 2. The number of aromatic nitrogens is 2. The molecule has 4 rings (SSSR count). The van der Waals surface area contributed by atoms with Crippen molar-refractivity contribution >= 4 is 17.3 Å². The molecule has 27 heavy (non-hydrogen) atoms. The highest BCUT2D eigenvalue weighted by atomic mass is 32.1. The van der Waals surface area contributed by atoms with Gasteiger partial charge in [-0.05, 0) is 24.5 Å². The van der Waals surface area contributed by atoms with Crippen LogP contribution >= 0.6 is 11.3 Å². The van der Waals surface area contributed by atoms with Gasteiger partial charge in [0.15, 0.2) is 0 Å². The number of thiophene rings is 1. The largest absolute Gasteiger partial charge is 0.477 e. The number of carboxylic acids is 1. The second kappa shape index (κ2) is 7.71. The molecule has 0 amide bonds. The molecule has 0 unspecified atom stereocenters. The van der Waals surface area contributed by atoms with Gasteiger partial charge in [-0.1, -0.05) is 0 Å². The molecule has 2 aliphatic rings. The minimum absolute atomic E-state index is 0.315. The zero-order chi connectivity index (χ0) is 18.9. The normalized spacial score (nSPS) is 19.3. The third-order valence-electron chi connectivity index (χ3n) is 5.60. The number of likely N-dealkylation sites (tertiary alicyclic amines) is 1. The van der Waals surface area contributed by atoms with Crippen LogP contribution < -0.4 is 0 Å². The minimum atomic E-state index is -0.841. The molecule has 1 fully saturated rings. The van der Waals surface area contributed by atoms with Crippen molar-refractivity contribution in [3.05, 3.63) is 39.6 Å². The Morgan fingerprint density at radius 2 is 2.26 bits per heavy atom. The van der Waals surface area contributed by atoms with Gasteiger partial charge < -0.3 is 19.1 Å². The molecule has 0 saturated carbocycles. The van der Waals surface area contributed by atoms with Crippen LogP contribution in [-0.2, 0) is 34.6 Å². The second-order valence-electron chi connectivity index (χ2n) is 7.19. The summed E-state index contributed by atoms with van der Waals surface area (Å²) in [6.45, 7) is 4.86. The van der Waals surface area contributed by atoms with E-state index in [-0.39, 0.29) is 5.60 Å². The number of fused-ring (bicyclic) bond motifs is 2. The quantitative estimate of drug-likeness (QED) is 0.815. The third-order valence-corrected chi connectivity index (χ3v) is 6.79. The number of aromatic carboxylic acids is 1. The van der Waals surface area contributed by atoms with Crippen molar-refractivity contribution in [1.82, 2.24) is 14.5 Å². The highest BCUT2D eigenvalue weighted by Gasteiger charge is 2.42. The molecule has 1 spiro atoms. The summed E-state index contributed by atoms with van der Waals surface area (Å²) in [5.41, 5.74) is 1.99. The van der Waals surface area contributed by atoms with Gasteiger partial charge in [0.05, 0.1) is 30.8 Å². The molecule has 0 atom stereocenters. The summed E-state index contributed by atoms with van der Waals surface area (Å²) in [4.78, 5) is 19.7. The molecule has 0 radical (unpaired) electrons. The molecule has 1 N–H and O–H groups in total. The molecule has 0 aliphatic carbocycles. The first kappa shape index (κ1) is 18.6. The Kier molecular flexibility index (Phi) is 5.32. The van der Waals surface area contributed by atoms with E-state index in [0.29, 0.717) is 18.1 Å². The number of hydrogen-bond acceptors (Lipinski definition) is 6. The van der Waals surface area contributed by atoms with Crippen molar-refractivity contribution in [2.24, 2.45) is 0 Å². The predicted octanol–water partition coefficient (Wildman–Crippen LogP) is 2.35. The van der Waals surface area contributed by atoms with Crippen molar-refractivity contribution in [2.75, 3.05) is 33.4 Å². The fourth-order valence-electron chi connectivity index (χ4n) is 4.11. The van der Waals surface area contributed by atoms with E-state index in [1.807, 2.05) is 18.6 Å². The minimum Gasteiger partial charge on any atom is -0.477 e. The van der Waals surface area contributed by atoms with Crippen LogP contribution in [0.15, 0.2) is 18.6 Å². The molecule has 146 valence electrons. The first-order chi connectivity index (χ1) is 13.1. The van der Waals surface area contributed by atoms with Gasteiger partial charge in [-0.2, -0.15) is 0 Å². The predicted molar refractivity (Wildman–Crippen MR) is 101 cm³/mol. The summed E-state index contributed by atoms with van der Waals surface area (Å²) in [6.07, 6.45) is 6.38. The van der Waals surface area contributed by atoms with Crippen LogP contribution in [0.5, 0.6) is 0 Å². The maximum atomic E-state index is 11.4. The lowest BCUT2D eigenvalue weighted by molar-refractivity contribution is -0.0982. The van der Waals surface area contributed by atoms with Crippen LogP contribution in [0.1, 0.15) is 38.6 Å². The number of rotatable bonds is 6. The molecule has 0 aromatic carbocycles. The van der Waals surface area contributed by atoms with Crippen molar-refractivity contribution in [1.29, 1.82) is 0 Å². The van der Waals surface area contributed by atoms with E-state index in [2.05, 4.69) is 14.5 Å². The van der Waals surface area contributed by atoms with Gasteiger partial charge in [0.2, 0.25) is 0 Å². The van der Waals surface area contributed by atoms with E-state index in [1.165, 1.54) is 21.9 Å². The zero-order valence-corrected chi connectivity index (χ0v) is 16.3. The van der Waals surface area contributed by atoms with Gasteiger partial charge >= 0.3 is 5.97 Å². The lowest BCUT2D eigenvalue weighted by atomic mass is 9.82. The molecule has 4 heterocycles. The number of piperidine rings is 1. The van der Waals surface area contributed by atoms with Crippen LogP contribution in [0.3, 0.4) is 0 Å². The topological polar surface area (TPSA) is 76.8 Å². The summed E-state index contributed by atoms with van der Waals surface area (Å²) in [7, 11) is 1.71. The molecular formula is C19H25N3O4S. The number of imidazole rings is 1. The summed E-state index contributed by atoms with van der Waals surface area (Å²) in [5, 5.41) is 9.34. The van der Waals surface area contributed by atoms with Crippen LogP contribution in [0.4, 0.5) is 0 Å². The van der Waals surface area contributed by atoms with Gasteiger partial charge in [-0.25, -0.2) is 9.78 Å². The molecule has 2 aromatic heterocycles. The molecular weight excluding hydrogens is 366 g/mol. The average Bonchev–Trinajstić information content (AvgIpc) is 3.30. The Bertz CT molecular complexity index is 808. The van der Waals surface area contributed by atoms with Crippen molar-refractivity contribution in [2.45, 2.75) is 38.0 Å². The zero-order valence-electron chi connectivity index (χ0n) is 15.5. The standard InChI is InChI=1S/C19H25N3O4S/c1-25-9-7-22-13-20-11-14(22)12-21-5-3-19(4-6-21)15-10-17(18(23)24)27-16(15)2-8-26-19/h10-11,13H,2-9,12H2,1H3,(H,23,24). The lowest BCUT2D eigenvalue weighted by Crippen LogP contribution is -2.46. The summed E-state index contributed by atoms with van der Waals surface area (Å²) in [6, 6.07) is 1.84. The van der Waals surface area contributed by atoms with Crippen molar-refractivity contribution < 1.29 is 19.4 Å². The molecule has 2 aromatic rings. The van der Waals surface area contributed by atoms with E-state index < -0.39 is 5.97 Å². The van der Waals surface area contributed by atoms with Crippen LogP contribution in [0, 0.1) is 0 Å². The number of carbonyl (C=O) groups is 1. The van der Waals surface area contributed by atoms with E-state index in [0.717, 1.165) is 51.0 Å². The van der Waals surface area contributed by atoms with Gasteiger partial charge in [-0.3, -0.25) is 4.90 Å². The van der Waals surface area contributed by atoms with Gasteiger partial charge in [0.25, 0.3) is 0 Å². The Morgan fingerprint density at radius 1 is 1.44 bits per heavy atom. The molecule has 0 bridgehead atoms. The maximum Gasteiger partial charge on any atom is 0.345 e. The number of nitrogens with zero attached hydrogens (tertiary/aromatic N) is 3. The highest BCUT2D eigenvalue weighted by Crippen LogP contribution is 2.44. The molecule has 2 aliphatic heterocycles. The highest BCUT2D eigenvalue weighted by molar-refractivity contribution is 7.14. The monoisotopic (exact) mass is 391 g/mol. The number of carboxylic acid groups (broad SMARTS) is 1. The Morgan fingerprint density at radius 3 is 3.00 bits per heavy atom. The van der Waals surface area contributed by atoms with Crippen molar-refractivity contribution in [3.63, 3.8) is 0 Å². The van der Waals surface area contributed by atoms with Gasteiger partial charge in [0.1, 0.15) is 4.88 Å². The summed E-state index contributed by atoms with van der Waals surface area (Å²) < 4.78 is 13.5. The SMILES string of the molecule is COCCn1cncc1CN1CCC2(CC1)OCCc1sc(C(=O)O)cc12. The van der Waals surface area contributed by atoms with E-state index in [4.69, 9.17) is 9.47 Å². The first-order valence-corrected chi connectivity index (χ1v) is 10.1. The number of hydrogen-bond donors (Lipinski definition) is 1.